The van der Waals surface area contributed by atoms with Crippen LogP contribution in [-0.2, 0) is 20.4 Å². The summed E-state index contributed by atoms with van der Waals surface area (Å²) in [6.07, 6.45) is 10.3. The first kappa shape index (κ1) is 38.4. The van der Waals surface area contributed by atoms with Crippen LogP contribution in [0.15, 0.2) is 91.0 Å². The molecule has 0 bridgehead atoms. The summed E-state index contributed by atoms with van der Waals surface area (Å²) in [5.74, 6) is -0.491. The normalized spacial score (nSPS) is 12.6. The van der Waals surface area contributed by atoms with Gasteiger partial charge in [-0.25, -0.2) is 4.79 Å². The Hall–Kier alpha value is -3.04. The molecule has 0 radical (unpaired) electrons. The monoisotopic (exact) mass is 688 g/mol. The third-order valence-electron chi connectivity index (χ3n) is 8.37. The van der Waals surface area contributed by atoms with Crippen LogP contribution in [-0.4, -0.2) is 41.4 Å². The number of ether oxygens (including phenoxy) is 1. The van der Waals surface area contributed by atoms with Crippen LogP contribution < -0.4 is 10.4 Å². The second-order valence-corrected chi connectivity index (χ2v) is 24.8. The molecule has 0 aliphatic carbocycles. The molecule has 0 aromatic heterocycles. The van der Waals surface area contributed by atoms with E-state index in [0.717, 1.165) is 36.4 Å². The smallest absolute Gasteiger partial charge is 0.338 e. The van der Waals surface area contributed by atoms with Gasteiger partial charge in [0.15, 0.2) is 5.78 Å². The predicted octanol–water partition coefficient (Wildman–Crippen LogP) is 9.42. The lowest BCUT2D eigenvalue weighted by atomic mass is 9.95. The molecule has 47 heavy (non-hydrogen) atoms. The second kappa shape index (κ2) is 17.4. The van der Waals surface area contributed by atoms with E-state index in [-0.39, 0.29) is 17.2 Å². The molecule has 0 atom stereocenters. The van der Waals surface area contributed by atoms with E-state index in [1.807, 2.05) is 26.0 Å². The lowest BCUT2D eigenvalue weighted by molar-refractivity contribution is -0.114. The zero-order chi connectivity index (χ0) is 34.7. The number of carbonyl (C=O) groups excluding carboxylic acids is 2. The molecular formula is C40H53ClO4Si2. The molecule has 0 spiro atoms. The maximum absolute atomic E-state index is 13.1. The summed E-state index contributed by atoms with van der Waals surface area (Å²) in [7, 11) is -3.88. The quantitative estimate of drug-likeness (QED) is 0.0495. The molecular weight excluding hydrogens is 636 g/mol. The van der Waals surface area contributed by atoms with Gasteiger partial charge in [0.25, 0.3) is 8.32 Å². The molecule has 0 aliphatic rings. The van der Waals surface area contributed by atoms with Gasteiger partial charge in [-0.1, -0.05) is 137 Å². The van der Waals surface area contributed by atoms with Crippen molar-refractivity contribution in [1.29, 1.82) is 0 Å². The van der Waals surface area contributed by atoms with Crippen molar-refractivity contribution in [3.63, 3.8) is 0 Å². The Morgan fingerprint density at radius 2 is 1.34 bits per heavy atom. The summed E-state index contributed by atoms with van der Waals surface area (Å²) in [4.78, 5) is 26.0. The molecule has 0 fully saturated rings. The van der Waals surface area contributed by atoms with Crippen molar-refractivity contribution < 1.29 is 18.8 Å². The molecule has 0 unspecified atom stereocenters. The summed E-state index contributed by atoms with van der Waals surface area (Å²) < 4.78 is 12.6. The maximum Gasteiger partial charge on any atom is 0.338 e. The Bertz CT molecular complexity index is 1490. The molecule has 3 aromatic rings. The first-order valence-corrected chi connectivity index (χ1v) is 22.7. The number of hydrogen-bond acceptors (Lipinski definition) is 4. The number of allylic oxidation sites excluding steroid dienone is 3. The van der Waals surface area contributed by atoms with Crippen LogP contribution in [0.3, 0.4) is 0 Å². The fraction of sp³-hybridized carbons (Fsp3) is 0.400. The Labute approximate surface area is 290 Å². The molecule has 0 N–H and O–H groups in total. The number of unbranched alkanes of at least 4 members (excludes halogenated alkanes) is 1. The van der Waals surface area contributed by atoms with Gasteiger partial charge in [-0.2, -0.15) is 0 Å². The van der Waals surface area contributed by atoms with Gasteiger partial charge in [0.1, 0.15) is 0 Å². The molecule has 0 aliphatic heterocycles. The van der Waals surface area contributed by atoms with Crippen LogP contribution >= 0.6 is 11.6 Å². The molecule has 0 saturated carbocycles. The van der Waals surface area contributed by atoms with E-state index in [1.54, 1.807) is 6.08 Å². The highest BCUT2D eigenvalue weighted by molar-refractivity contribution is 6.99. The number of ketones is 1. The highest BCUT2D eigenvalue weighted by Crippen LogP contribution is 2.37. The molecule has 0 amide bonds. The van der Waals surface area contributed by atoms with Crippen LogP contribution in [0.25, 0.3) is 0 Å². The van der Waals surface area contributed by atoms with Crippen molar-refractivity contribution >= 4 is 50.1 Å². The fourth-order valence-corrected chi connectivity index (χ4v) is 11.4. The SMILES string of the molecule is Cc1cc(C)c(C(=O)OCC[Si](C)(C)C)c(CC(=O)/C=C/CC/C=C/CCO[Si](c2ccccc2)(c2ccccc2)C(C)(C)C)c1Cl. The van der Waals surface area contributed by atoms with Gasteiger partial charge in [-0.15, -0.1) is 0 Å². The van der Waals surface area contributed by atoms with E-state index in [4.69, 9.17) is 20.8 Å². The number of esters is 1. The molecule has 0 heterocycles. The number of halogens is 1. The standard InChI is InChI=1S/C40H53ClO4Si2/c1-31-29-32(2)38(41)36(37(31)39(43)44-27-28-46(6,7)8)30-33(42)21-15-11-9-10-12-20-26-45-47(40(3,4)5,34-22-16-13-17-23-34)35-24-18-14-19-25-35/h10,12-19,21-25,29H,9,11,20,26-28,30H2,1-8H3/b12-10+,21-15+. The van der Waals surface area contributed by atoms with E-state index < -0.39 is 22.4 Å². The van der Waals surface area contributed by atoms with E-state index in [0.29, 0.717) is 29.4 Å². The second-order valence-electron chi connectivity index (χ2n) is 14.5. The van der Waals surface area contributed by atoms with Crippen LogP contribution in [0, 0.1) is 13.8 Å². The summed E-state index contributed by atoms with van der Waals surface area (Å²) in [5.41, 5.74) is 2.60. The van der Waals surface area contributed by atoms with Crippen LogP contribution in [0.2, 0.25) is 35.7 Å². The fourth-order valence-electron chi connectivity index (χ4n) is 5.94. The van der Waals surface area contributed by atoms with Crippen molar-refractivity contribution in [2.45, 2.75) is 91.0 Å². The average Bonchev–Trinajstić information content (AvgIpc) is 3.00. The minimum atomic E-state index is -2.53. The van der Waals surface area contributed by atoms with E-state index in [2.05, 4.69) is 113 Å². The predicted molar refractivity (Wildman–Crippen MR) is 204 cm³/mol. The average molecular weight is 689 g/mol. The number of hydrogen-bond donors (Lipinski definition) is 0. The summed E-state index contributed by atoms with van der Waals surface area (Å²) in [6, 6.07) is 24.2. The van der Waals surface area contributed by atoms with Crippen molar-refractivity contribution in [3.8, 4) is 0 Å². The molecule has 7 heteroatoms. The Balaban J connectivity index is 1.57. The van der Waals surface area contributed by atoms with Crippen molar-refractivity contribution in [2.24, 2.45) is 0 Å². The van der Waals surface area contributed by atoms with Gasteiger partial charge in [-0.05, 0) is 77.3 Å². The van der Waals surface area contributed by atoms with Gasteiger partial charge >= 0.3 is 5.97 Å². The van der Waals surface area contributed by atoms with E-state index in [1.165, 1.54) is 10.4 Å². The zero-order valence-corrected chi connectivity index (χ0v) is 32.4. The summed E-state index contributed by atoms with van der Waals surface area (Å²) in [5, 5.41) is 2.97. The molecule has 4 nitrogen and oxygen atoms in total. The van der Waals surface area contributed by atoms with Crippen LogP contribution in [0.4, 0.5) is 0 Å². The van der Waals surface area contributed by atoms with Gasteiger partial charge in [-0.3, -0.25) is 4.79 Å². The van der Waals surface area contributed by atoms with Crippen molar-refractivity contribution in [1.82, 2.24) is 0 Å². The Kier molecular flexibility index (Phi) is 14.2. The maximum atomic E-state index is 13.1. The van der Waals surface area contributed by atoms with Crippen LogP contribution in [0.5, 0.6) is 0 Å². The third kappa shape index (κ3) is 10.7. The van der Waals surface area contributed by atoms with Crippen molar-refractivity contribution in [2.75, 3.05) is 13.2 Å². The lowest BCUT2D eigenvalue weighted by Crippen LogP contribution is -2.66. The first-order valence-electron chi connectivity index (χ1n) is 16.7. The summed E-state index contributed by atoms with van der Waals surface area (Å²) >= 11 is 6.64. The minimum absolute atomic E-state index is 0.0488. The van der Waals surface area contributed by atoms with Gasteiger partial charge in [0, 0.05) is 26.1 Å². The van der Waals surface area contributed by atoms with Gasteiger partial charge in [0.2, 0.25) is 0 Å². The highest BCUT2D eigenvalue weighted by atomic mass is 35.5. The molecule has 252 valence electrons. The molecule has 3 aromatic carbocycles. The largest absolute Gasteiger partial charge is 0.462 e. The Morgan fingerprint density at radius 3 is 1.89 bits per heavy atom. The van der Waals surface area contributed by atoms with E-state index >= 15 is 0 Å². The number of aryl methyl sites for hydroxylation is 2. The first-order chi connectivity index (χ1) is 22.2. The summed E-state index contributed by atoms with van der Waals surface area (Å²) in [6.45, 7) is 18.4. The molecule has 0 saturated heterocycles. The topological polar surface area (TPSA) is 52.6 Å². The Morgan fingerprint density at radius 1 is 0.787 bits per heavy atom. The van der Waals surface area contributed by atoms with E-state index in [9.17, 15) is 9.59 Å². The van der Waals surface area contributed by atoms with Crippen LogP contribution in [0.1, 0.15) is 67.1 Å². The van der Waals surface area contributed by atoms with Gasteiger partial charge < -0.3 is 9.16 Å². The number of carbonyl (C=O) groups is 2. The highest BCUT2D eigenvalue weighted by Gasteiger charge is 2.49. The molecule has 3 rings (SSSR count). The number of benzene rings is 3. The number of rotatable bonds is 16. The van der Waals surface area contributed by atoms with Crippen molar-refractivity contribution in [3.05, 3.63) is 118 Å². The third-order valence-corrected chi connectivity index (χ3v) is 15.6. The minimum Gasteiger partial charge on any atom is -0.462 e. The van der Waals surface area contributed by atoms with Gasteiger partial charge in [0.05, 0.1) is 12.2 Å². The zero-order valence-electron chi connectivity index (χ0n) is 29.6. The lowest BCUT2D eigenvalue weighted by Gasteiger charge is -2.43.